The van der Waals surface area contributed by atoms with Crippen LogP contribution in [0.15, 0.2) is 41.7 Å². The number of amides is 2. The average Bonchev–Trinajstić information content (AvgIpc) is 2.84. The van der Waals surface area contributed by atoms with Gasteiger partial charge in [0.1, 0.15) is 17.3 Å². The molecule has 0 radical (unpaired) electrons. The van der Waals surface area contributed by atoms with Gasteiger partial charge in [0.15, 0.2) is 5.75 Å². The van der Waals surface area contributed by atoms with Crippen molar-refractivity contribution in [1.82, 2.24) is 19.9 Å². The van der Waals surface area contributed by atoms with E-state index >= 15 is 0 Å². The fourth-order valence-corrected chi connectivity index (χ4v) is 3.82. The van der Waals surface area contributed by atoms with E-state index in [0.29, 0.717) is 29.8 Å². The first-order valence-corrected chi connectivity index (χ1v) is 10.9. The fraction of sp³-hybridized carbons (Fsp3) is 0.261. The number of halogens is 4. The zero-order chi connectivity index (χ0) is 25.8. The molecule has 9 nitrogen and oxygen atoms in total. The smallest absolute Gasteiger partial charge is 0.322 e. The van der Waals surface area contributed by atoms with Gasteiger partial charge in [-0.1, -0.05) is 11.2 Å². The number of carbonyl (C=O) groups is 1. The second-order valence-electron chi connectivity index (χ2n) is 8.03. The Morgan fingerprint density at radius 1 is 1.11 bits per heavy atom. The Hall–Kier alpha value is -4.29. The number of nitrogens with two attached hydrogens (primary N) is 1. The number of rotatable bonds is 5. The molecule has 3 N–H and O–H groups in total. The summed E-state index contributed by atoms with van der Waals surface area (Å²) in [6.45, 7) is 2.19. The van der Waals surface area contributed by atoms with Crippen LogP contribution in [0.4, 0.5) is 34.0 Å². The first kappa shape index (κ1) is 24.8. The number of piperidine rings is 1. The van der Waals surface area contributed by atoms with Crippen molar-refractivity contribution < 1.29 is 27.2 Å². The number of benzene rings is 1. The molecule has 0 aliphatic carbocycles. The van der Waals surface area contributed by atoms with E-state index in [1.54, 1.807) is 6.92 Å². The summed E-state index contributed by atoms with van der Waals surface area (Å²) in [6, 6.07) is 4.47. The summed E-state index contributed by atoms with van der Waals surface area (Å²) in [5.74, 6) is -4.12. The molecule has 0 atom stereocenters. The Morgan fingerprint density at radius 3 is 2.39 bits per heavy atom. The highest BCUT2D eigenvalue weighted by Gasteiger charge is 2.28. The van der Waals surface area contributed by atoms with Gasteiger partial charge in [0.2, 0.25) is 17.8 Å². The zero-order valence-electron chi connectivity index (χ0n) is 19.0. The van der Waals surface area contributed by atoms with Crippen LogP contribution in [0, 0.1) is 23.5 Å². The number of hydrogen-bond donors (Lipinski definition) is 2. The molecule has 1 fully saturated rings. The van der Waals surface area contributed by atoms with Crippen LogP contribution in [0.5, 0.6) is 5.75 Å². The number of urea groups is 1. The summed E-state index contributed by atoms with van der Waals surface area (Å²) in [7, 11) is 0. The van der Waals surface area contributed by atoms with Gasteiger partial charge in [0.25, 0.3) is 0 Å². The highest BCUT2D eigenvalue weighted by atomic mass is 19.1. The minimum absolute atomic E-state index is 0.0379. The molecule has 3 heterocycles. The van der Waals surface area contributed by atoms with E-state index in [1.807, 2.05) is 0 Å². The minimum Gasteiger partial charge on any atom is -0.368 e. The van der Waals surface area contributed by atoms with E-state index in [-0.39, 0.29) is 30.7 Å². The van der Waals surface area contributed by atoms with Crippen molar-refractivity contribution in [1.29, 1.82) is 0 Å². The van der Waals surface area contributed by atoms with E-state index < -0.39 is 35.2 Å². The van der Waals surface area contributed by atoms with Gasteiger partial charge in [-0.15, -0.1) is 0 Å². The lowest BCUT2D eigenvalue weighted by Gasteiger charge is -2.32. The summed E-state index contributed by atoms with van der Waals surface area (Å²) in [4.78, 5) is 30.5. The first-order chi connectivity index (χ1) is 17.2. The average molecular weight is 503 g/mol. The fourth-order valence-electron chi connectivity index (χ4n) is 3.82. The predicted molar refractivity (Wildman–Crippen MR) is 122 cm³/mol. The van der Waals surface area contributed by atoms with Crippen LogP contribution < -0.4 is 15.9 Å². The standard InChI is InChI=1S/C23H21F4N7O2/c1-12(33-36-14-9-18(26)30-19(27)10-14)15-11-29-22(28)31-20(15)13-5-7-34(8-6-13)23(35)32-21-16(24)3-2-4-17(21)25/h2-4,9-11,13H,5-8H2,1H3,(H,32,35)(H2,28,29,31)/b33-12+. The Morgan fingerprint density at radius 2 is 1.75 bits per heavy atom. The summed E-state index contributed by atoms with van der Waals surface area (Å²) in [6.07, 6.45) is 2.42. The maximum atomic E-state index is 13.9. The molecule has 0 unspecified atom stereocenters. The van der Waals surface area contributed by atoms with Crippen LogP contribution in [-0.4, -0.2) is 44.7 Å². The predicted octanol–water partition coefficient (Wildman–Crippen LogP) is 4.22. The molecular formula is C23H21F4N7O2. The molecule has 3 aromatic rings. The van der Waals surface area contributed by atoms with Crippen LogP contribution in [0.3, 0.4) is 0 Å². The van der Waals surface area contributed by atoms with Gasteiger partial charge in [0, 0.05) is 42.9 Å². The molecule has 1 aromatic carbocycles. The van der Waals surface area contributed by atoms with Crippen molar-refractivity contribution in [3.8, 4) is 5.75 Å². The lowest BCUT2D eigenvalue weighted by atomic mass is 9.90. The Labute approximate surface area is 203 Å². The van der Waals surface area contributed by atoms with E-state index in [2.05, 4.69) is 25.4 Å². The second-order valence-corrected chi connectivity index (χ2v) is 8.03. The van der Waals surface area contributed by atoms with Gasteiger partial charge in [-0.2, -0.15) is 13.8 Å². The van der Waals surface area contributed by atoms with Crippen LogP contribution in [0.2, 0.25) is 0 Å². The highest BCUT2D eigenvalue weighted by Crippen LogP contribution is 2.30. The molecule has 0 saturated carbocycles. The number of oxime groups is 1. The minimum atomic E-state index is -1.05. The summed E-state index contributed by atoms with van der Waals surface area (Å²) in [5.41, 5.74) is 6.70. The lowest BCUT2D eigenvalue weighted by Crippen LogP contribution is -2.41. The van der Waals surface area contributed by atoms with Gasteiger partial charge in [-0.05, 0) is 31.9 Å². The van der Waals surface area contributed by atoms with Gasteiger partial charge in [0.05, 0.1) is 11.4 Å². The molecule has 36 heavy (non-hydrogen) atoms. The number of carbonyl (C=O) groups excluding carboxylic acids is 1. The number of hydrogen-bond acceptors (Lipinski definition) is 7. The van der Waals surface area contributed by atoms with Crippen molar-refractivity contribution in [3.63, 3.8) is 0 Å². The number of anilines is 2. The molecule has 1 aliphatic heterocycles. The van der Waals surface area contributed by atoms with Gasteiger partial charge in [-0.3, -0.25) is 0 Å². The molecule has 1 saturated heterocycles. The van der Waals surface area contributed by atoms with E-state index in [9.17, 15) is 22.4 Å². The van der Waals surface area contributed by atoms with E-state index in [4.69, 9.17) is 10.6 Å². The molecule has 188 valence electrons. The highest BCUT2D eigenvalue weighted by molar-refractivity contribution is 5.99. The number of nitrogens with one attached hydrogen (secondary N) is 1. The number of pyridine rings is 1. The Bertz CT molecular complexity index is 1270. The van der Waals surface area contributed by atoms with Crippen molar-refractivity contribution in [3.05, 3.63) is 71.3 Å². The van der Waals surface area contributed by atoms with Crippen molar-refractivity contribution in [2.75, 3.05) is 24.1 Å². The quantitative estimate of drug-likeness (QED) is 0.233. The normalized spacial score (nSPS) is 14.6. The second kappa shape index (κ2) is 10.5. The van der Waals surface area contributed by atoms with Crippen molar-refractivity contribution in [2.24, 2.45) is 5.16 Å². The van der Waals surface area contributed by atoms with Crippen LogP contribution >= 0.6 is 0 Å². The SMILES string of the molecule is C/C(=N\Oc1cc(F)nc(F)c1)c1cnc(N)nc1C1CCN(C(=O)Nc2c(F)cccc2F)CC1. The van der Waals surface area contributed by atoms with Crippen LogP contribution in [0.1, 0.15) is 36.9 Å². The Balaban J connectivity index is 1.46. The molecule has 13 heteroatoms. The summed E-state index contributed by atoms with van der Waals surface area (Å²) < 4.78 is 54.3. The largest absolute Gasteiger partial charge is 0.368 e. The maximum absolute atomic E-state index is 13.9. The van der Waals surface area contributed by atoms with E-state index in [0.717, 1.165) is 24.3 Å². The summed E-state index contributed by atoms with van der Waals surface area (Å²) >= 11 is 0. The first-order valence-electron chi connectivity index (χ1n) is 10.9. The molecule has 4 rings (SSSR count). The maximum Gasteiger partial charge on any atom is 0.322 e. The van der Waals surface area contributed by atoms with Gasteiger partial charge < -0.3 is 20.8 Å². The number of nitrogens with zero attached hydrogens (tertiary/aromatic N) is 5. The van der Waals surface area contributed by atoms with E-state index in [1.165, 1.54) is 17.2 Å². The third kappa shape index (κ3) is 5.67. The van der Waals surface area contributed by atoms with Gasteiger partial charge >= 0.3 is 6.03 Å². The monoisotopic (exact) mass is 503 g/mol. The lowest BCUT2D eigenvalue weighted by molar-refractivity contribution is 0.194. The summed E-state index contributed by atoms with van der Waals surface area (Å²) in [5, 5.41) is 6.21. The van der Waals surface area contributed by atoms with Crippen LogP contribution in [0.25, 0.3) is 0 Å². The number of nitrogen functional groups attached to an aromatic ring is 1. The number of likely N-dealkylation sites (tertiary alicyclic amines) is 1. The molecular weight excluding hydrogens is 482 g/mol. The third-order valence-electron chi connectivity index (χ3n) is 5.61. The molecule has 0 bridgehead atoms. The van der Waals surface area contributed by atoms with Gasteiger partial charge in [-0.25, -0.2) is 23.5 Å². The number of aromatic nitrogens is 3. The zero-order valence-corrected chi connectivity index (χ0v) is 19.0. The Kier molecular flexibility index (Phi) is 7.27. The molecule has 2 amide bonds. The van der Waals surface area contributed by atoms with Crippen molar-refractivity contribution >= 4 is 23.4 Å². The van der Waals surface area contributed by atoms with Crippen LogP contribution in [-0.2, 0) is 0 Å². The molecule has 2 aromatic heterocycles. The third-order valence-corrected chi connectivity index (χ3v) is 5.61. The molecule has 0 spiro atoms. The number of para-hydroxylation sites is 1. The van der Waals surface area contributed by atoms with Crippen molar-refractivity contribution in [2.45, 2.75) is 25.7 Å². The molecule has 1 aliphatic rings. The topological polar surface area (TPSA) is 119 Å².